The van der Waals surface area contributed by atoms with Gasteiger partial charge in [-0.2, -0.15) is 5.10 Å². The van der Waals surface area contributed by atoms with Crippen molar-refractivity contribution in [3.8, 4) is 5.69 Å². The number of hydrogen-bond acceptors (Lipinski definition) is 4. The number of hydrogen-bond donors (Lipinski definition) is 1. The number of fused-ring (bicyclic) bond motifs is 1. The van der Waals surface area contributed by atoms with E-state index in [1.54, 1.807) is 24.3 Å². The van der Waals surface area contributed by atoms with Crippen molar-refractivity contribution in [3.05, 3.63) is 93.6 Å². The highest BCUT2D eigenvalue weighted by Crippen LogP contribution is 2.18. The van der Waals surface area contributed by atoms with Crippen molar-refractivity contribution in [2.75, 3.05) is 0 Å². The zero-order chi connectivity index (χ0) is 19.7. The monoisotopic (exact) mass is 373 g/mol. The summed E-state index contributed by atoms with van der Waals surface area (Å²) in [5, 5.41) is 8.09. The maximum absolute atomic E-state index is 12.6. The summed E-state index contributed by atoms with van der Waals surface area (Å²) in [5.74, 6) is -0.467. The smallest absolute Gasteiger partial charge is 0.349 e. The molecule has 0 aliphatic heterocycles. The first kappa shape index (κ1) is 17.7. The van der Waals surface area contributed by atoms with Gasteiger partial charge in [0.1, 0.15) is 11.1 Å². The molecule has 140 valence electrons. The van der Waals surface area contributed by atoms with Gasteiger partial charge >= 0.3 is 5.63 Å². The number of aryl methyl sites for hydroxylation is 1. The molecule has 0 fully saturated rings. The van der Waals surface area contributed by atoms with Crippen LogP contribution in [0.5, 0.6) is 0 Å². The summed E-state index contributed by atoms with van der Waals surface area (Å²) in [6.07, 6.45) is 0. The van der Waals surface area contributed by atoms with E-state index in [9.17, 15) is 9.59 Å². The molecule has 1 amide bonds. The highest BCUT2D eigenvalue weighted by atomic mass is 16.4. The van der Waals surface area contributed by atoms with Crippen LogP contribution in [0.3, 0.4) is 0 Å². The third kappa shape index (κ3) is 3.20. The van der Waals surface area contributed by atoms with Gasteiger partial charge in [0.25, 0.3) is 5.91 Å². The second-order valence-electron chi connectivity index (χ2n) is 6.56. The Balaban J connectivity index is 1.58. The van der Waals surface area contributed by atoms with E-state index in [-0.39, 0.29) is 12.1 Å². The van der Waals surface area contributed by atoms with Gasteiger partial charge in [0.15, 0.2) is 0 Å². The molecule has 2 aromatic carbocycles. The number of rotatable bonds is 4. The van der Waals surface area contributed by atoms with Gasteiger partial charge in [0, 0.05) is 23.2 Å². The first-order chi connectivity index (χ1) is 13.5. The molecule has 6 heteroatoms. The molecule has 0 radical (unpaired) electrons. The number of benzene rings is 2. The van der Waals surface area contributed by atoms with E-state index in [0.717, 1.165) is 22.6 Å². The standard InChI is InChI=1S/C22H19N3O3/c1-14-19(15(2)25(24-14)17-9-4-3-5-10-17)13-23-21(26)18-12-16-8-6-7-11-20(16)28-22(18)27/h3-12H,13H2,1-2H3,(H,23,26). The summed E-state index contributed by atoms with van der Waals surface area (Å²) in [6, 6.07) is 18.5. The Morgan fingerprint density at radius 2 is 1.79 bits per heavy atom. The summed E-state index contributed by atoms with van der Waals surface area (Å²) < 4.78 is 7.09. The molecule has 0 aliphatic rings. The third-order valence-electron chi connectivity index (χ3n) is 4.75. The van der Waals surface area contributed by atoms with E-state index in [1.165, 1.54) is 0 Å². The Morgan fingerprint density at radius 1 is 1.07 bits per heavy atom. The van der Waals surface area contributed by atoms with Crippen LogP contribution < -0.4 is 10.9 Å². The lowest BCUT2D eigenvalue weighted by Crippen LogP contribution is -2.28. The van der Waals surface area contributed by atoms with Crippen molar-refractivity contribution in [3.63, 3.8) is 0 Å². The van der Waals surface area contributed by atoms with Crippen LogP contribution in [0.25, 0.3) is 16.7 Å². The Morgan fingerprint density at radius 3 is 2.57 bits per heavy atom. The minimum atomic E-state index is -0.648. The topological polar surface area (TPSA) is 77.1 Å². The highest BCUT2D eigenvalue weighted by molar-refractivity contribution is 5.96. The van der Waals surface area contributed by atoms with Crippen molar-refractivity contribution in [2.45, 2.75) is 20.4 Å². The van der Waals surface area contributed by atoms with Crippen LogP contribution in [0, 0.1) is 13.8 Å². The normalized spacial score (nSPS) is 10.9. The third-order valence-corrected chi connectivity index (χ3v) is 4.75. The van der Waals surface area contributed by atoms with Crippen LogP contribution in [0.2, 0.25) is 0 Å². The first-order valence-electron chi connectivity index (χ1n) is 8.96. The molecular formula is C22H19N3O3. The van der Waals surface area contributed by atoms with E-state index < -0.39 is 11.5 Å². The van der Waals surface area contributed by atoms with E-state index >= 15 is 0 Å². The zero-order valence-corrected chi connectivity index (χ0v) is 15.6. The molecule has 0 spiro atoms. The number of nitrogens with zero attached hydrogens (tertiary/aromatic N) is 2. The van der Waals surface area contributed by atoms with Crippen molar-refractivity contribution in [2.24, 2.45) is 0 Å². The van der Waals surface area contributed by atoms with Crippen LogP contribution in [0.4, 0.5) is 0 Å². The number of para-hydroxylation sites is 2. The summed E-state index contributed by atoms with van der Waals surface area (Å²) in [7, 11) is 0. The number of carbonyl (C=O) groups is 1. The highest BCUT2D eigenvalue weighted by Gasteiger charge is 2.17. The van der Waals surface area contributed by atoms with Gasteiger partial charge in [-0.1, -0.05) is 36.4 Å². The molecule has 28 heavy (non-hydrogen) atoms. The molecular weight excluding hydrogens is 354 g/mol. The van der Waals surface area contributed by atoms with Crippen molar-refractivity contribution in [1.29, 1.82) is 0 Å². The van der Waals surface area contributed by atoms with Crippen LogP contribution in [-0.2, 0) is 6.54 Å². The maximum Gasteiger partial charge on any atom is 0.349 e. The minimum absolute atomic E-state index is 0.00976. The molecule has 1 N–H and O–H groups in total. The fraction of sp³-hybridized carbons (Fsp3) is 0.136. The average Bonchev–Trinajstić information content (AvgIpc) is 3.00. The quantitative estimate of drug-likeness (QED) is 0.555. The van der Waals surface area contributed by atoms with Gasteiger partial charge in [0.2, 0.25) is 0 Å². The molecule has 6 nitrogen and oxygen atoms in total. The van der Waals surface area contributed by atoms with E-state index in [2.05, 4.69) is 10.4 Å². The lowest BCUT2D eigenvalue weighted by Gasteiger charge is -2.07. The SMILES string of the molecule is Cc1nn(-c2ccccc2)c(C)c1CNC(=O)c1cc2ccccc2oc1=O. The second-order valence-corrected chi connectivity index (χ2v) is 6.56. The van der Waals surface area contributed by atoms with Gasteiger partial charge in [-0.15, -0.1) is 0 Å². The number of carbonyl (C=O) groups excluding carboxylic acids is 1. The second kappa shape index (κ2) is 7.15. The van der Waals surface area contributed by atoms with Crippen LogP contribution in [0.15, 0.2) is 69.9 Å². The fourth-order valence-corrected chi connectivity index (χ4v) is 3.24. The molecule has 2 aromatic heterocycles. The van der Waals surface area contributed by atoms with E-state index in [4.69, 9.17) is 4.42 Å². The van der Waals surface area contributed by atoms with Crippen LogP contribution in [-0.4, -0.2) is 15.7 Å². The van der Waals surface area contributed by atoms with Crippen molar-refractivity contribution in [1.82, 2.24) is 15.1 Å². The molecule has 0 aliphatic carbocycles. The molecule has 2 heterocycles. The number of nitrogens with one attached hydrogen (secondary N) is 1. The molecule has 0 unspecified atom stereocenters. The Hall–Kier alpha value is -3.67. The summed E-state index contributed by atoms with van der Waals surface area (Å²) in [4.78, 5) is 24.7. The van der Waals surface area contributed by atoms with Crippen molar-refractivity contribution >= 4 is 16.9 Å². The summed E-state index contributed by atoms with van der Waals surface area (Å²) in [5.41, 5.74) is 3.44. The minimum Gasteiger partial charge on any atom is -0.422 e. The van der Waals surface area contributed by atoms with Crippen LogP contribution in [0.1, 0.15) is 27.3 Å². The number of amides is 1. The maximum atomic E-state index is 12.6. The van der Waals surface area contributed by atoms with Gasteiger partial charge in [-0.3, -0.25) is 4.79 Å². The Bertz CT molecular complexity index is 1220. The molecule has 0 bridgehead atoms. The van der Waals surface area contributed by atoms with E-state index in [1.807, 2.05) is 54.9 Å². The predicted octanol–water partition coefficient (Wildman–Crippen LogP) is 3.53. The van der Waals surface area contributed by atoms with Gasteiger partial charge in [0.05, 0.1) is 11.4 Å². The van der Waals surface area contributed by atoms with Crippen LogP contribution >= 0.6 is 0 Å². The fourth-order valence-electron chi connectivity index (χ4n) is 3.24. The lowest BCUT2D eigenvalue weighted by molar-refractivity contribution is 0.0947. The number of aromatic nitrogens is 2. The predicted molar refractivity (Wildman–Crippen MR) is 107 cm³/mol. The van der Waals surface area contributed by atoms with E-state index in [0.29, 0.717) is 11.0 Å². The van der Waals surface area contributed by atoms with Gasteiger partial charge in [-0.05, 0) is 38.1 Å². The largest absolute Gasteiger partial charge is 0.422 e. The molecule has 0 saturated carbocycles. The Kier molecular flexibility index (Phi) is 4.53. The molecule has 4 aromatic rings. The molecule has 4 rings (SSSR count). The van der Waals surface area contributed by atoms with Gasteiger partial charge in [-0.25, -0.2) is 9.48 Å². The lowest BCUT2D eigenvalue weighted by atomic mass is 10.1. The molecule has 0 atom stereocenters. The molecule has 0 saturated heterocycles. The van der Waals surface area contributed by atoms with Gasteiger partial charge < -0.3 is 9.73 Å². The summed E-state index contributed by atoms with van der Waals surface area (Å²) >= 11 is 0. The first-order valence-corrected chi connectivity index (χ1v) is 8.96. The Labute approximate surface area is 161 Å². The average molecular weight is 373 g/mol. The zero-order valence-electron chi connectivity index (χ0n) is 15.6. The summed E-state index contributed by atoms with van der Waals surface area (Å²) in [6.45, 7) is 4.13. The van der Waals surface area contributed by atoms with Crippen molar-refractivity contribution < 1.29 is 9.21 Å².